The van der Waals surface area contributed by atoms with Crippen LogP contribution < -0.4 is 0 Å². The number of piperidine rings is 1. The Hall–Kier alpha value is -1.85. The number of aromatic nitrogens is 2. The van der Waals surface area contributed by atoms with Gasteiger partial charge in [0.05, 0.1) is 17.2 Å². The molecule has 1 N–H and O–H groups in total. The minimum atomic E-state index is -0.347. The molecule has 6 heteroatoms. The van der Waals surface area contributed by atoms with E-state index in [9.17, 15) is 9.59 Å². The third-order valence-electron chi connectivity index (χ3n) is 6.87. The maximum atomic E-state index is 13.4. The molecule has 1 aliphatic carbocycles. The predicted octanol–water partition coefficient (Wildman–Crippen LogP) is 3.15. The van der Waals surface area contributed by atoms with Crippen molar-refractivity contribution in [3.63, 3.8) is 0 Å². The standard InChI is InChI=1S/C21H32N4O2/c1-2-7-18-17(14-22-23-18)19(26)24-13-11-21(15-24)10-6-12-25(20(21)27)16-8-4-3-5-9-16/h14,16H,2-13,15H2,1H3,(H,22,23)/t21-/m0/s1. The van der Waals surface area contributed by atoms with Gasteiger partial charge in [0.25, 0.3) is 5.91 Å². The highest BCUT2D eigenvalue weighted by Gasteiger charge is 2.50. The molecule has 148 valence electrons. The molecule has 4 rings (SSSR count). The van der Waals surface area contributed by atoms with E-state index in [2.05, 4.69) is 22.0 Å². The Balaban J connectivity index is 1.47. The normalized spacial score (nSPS) is 26.9. The lowest BCUT2D eigenvalue weighted by atomic mass is 9.77. The topological polar surface area (TPSA) is 69.3 Å². The van der Waals surface area contributed by atoms with Crippen LogP contribution in [-0.4, -0.2) is 57.5 Å². The molecule has 3 aliphatic rings. The monoisotopic (exact) mass is 372 g/mol. The van der Waals surface area contributed by atoms with Crippen LogP contribution in [0.5, 0.6) is 0 Å². The molecule has 1 aromatic heterocycles. The van der Waals surface area contributed by atoms with Gasteiger partial charge in [0.15, 0.2) is 0 Å². The van der Waals surface area contributed by atoms with Crippen molar-refractivity contribution in [2.24, 2.45) is 5.41 Å². The van der Waals surface area contributed by atoms with Crippen LogP contribution in [0.15, 0.2) is 6.20 Å². The predicted molar refractivity (Wildman–Crippen MR) is 103 cm³/mol. The van der Waals surface area contributed by atoms with Gasteiger partial charge in [-0.15, -0.1) is 0 Å². The summed E-state index contributed by atoms with van der Waals surface area (Å²) < 4.78 is 0. The van der Waals surface area contributed by atoms with Crippen LogP contribution in [-0.2, 0) is 11.2 Å². The average Bonchev–Trinajstić information content (AvgIpc) is 3.33. The number of hydrogen-bond acceptors (Lipinski definition) is 3. The summed E-state index contributed by atoms with van der Waals surface area (Å²) in [6.07, 6.45) is 12.3. The van der Waals surface area contributed by atoms with Gasteiger partial charge < -0.3 is 9.80 Å². The van der Waals surface area contributed by atoms with Gasteiger partial charge in [-0.25, -0.2) is 0 Å². The SMILES string of the molecule is CCCc1[nH]ncc1C(=O)N1CC[C@@]2(CCCN(C3CCCCC3)C2=O)C1. The molecule has 3 heterocycles. The number of aromatic amines is 1. The van der Waals surface area contributed by atoms with Crippen molar-refractivity contribution in [1.82, 2.24) is 20.0 Å². The summed E-state index contributed by atoms with van der Waals surface area (Å²) in [4.78, 5) is 30.6. The van der Waals surface area contributed by atoms with Crippen LogP contribution >= 0.6 is 0 Å². The van der Waals surface area contributed by atoms with E-state index >= 15 is 0 Å². The lowest BCUT2D eigenvalue weighted by Gasteiger charge is -2.44. The van der Waals surface area contributed by atoms with Gasteiger partial charge in [0.1, 0.15) is 0 Å². The Morgan fingerprint density at radius 3 is 2.81 bits per heavy atom. The van der Waals surface area contributed by atoms with E-state index in [1.807, 2.05) is 4.90 Å². The molecule has 0 unspecified atom stereocenters. The molecule has 1 saturated carbocycles. The quantitative estimate of drug-likeness (QED) is 0.883. The molecule has 2 aliphatic heterocycles. The van der Waals surface area contributed by atoms with Gasteiger partial charge >= 0.3 is 0 Å². The summed E-state index contributed by atoms with van der Waals surface area (Å²) in [6.45, 7) is 4.26. The van der Waals surface area contributed by atoms with E-state index in [1.165, 1.54) is 19.3 Å². The number of aryl methyl sites for hydroxylation is 1. The van der Waals surface area contributed by atoms with Crippen molar-refractivity contribution in [3.8, 4) is 0 Å². The van der Waals surface area contributed by atoms with E-state index in [0.29, 0.717) is 30.6 Å². The van der Waals surface area contributed by atoms with Crippen LogP contribution in [0, 0.1) is 5.41 Å². The molecule has 2 amide bonds. The fraction of sp³-hybridized carbons (Fsp3) is 0.762. The number of nitrogens with zero attached hydrogens (tertiary/aromatic N) is 3. The minimum absolute atomic E-state index is 0.0339. The Morgan fingerprint density at radius 2 is 2.04 bits per heavy atom. The van der Waals surface area contributed by atoms with Crippen molar-refractivity contribution in [2.75, 3.05) is 19.6 Å². The number of H-pyrrole nitrogens is 1. The van der Waals surface area contributed by atoms with Crippen molar-refractivity contribution < 1.29 is 9.59 Å². The Bertz CT molecular complexity index is 694. The molecular formula is C21H32N4O2. The number of carbonyl (C=O) groups is 2. The summed E-state index contributed by atoms with van der Waals surface area (Å²) in [7, 11) is 0. The fourth-order valence-corrected chi connectivity index (χ4v) is 5.37. The van der Waals surface area contributed by atoms with Crippen LogP contribution in [0.25, 0.3) is 0 Å². The zero-order valence-electron chi connectivity index (χ0n) is 16.5. The zero-order valence-corrected chi connectivity index (χ0v) is 16.5. The Morgan fingerprint density at radius 1 is 1.22 bits per heavy atom. The van der Waals surface area contributed by atoms with Gasteiger partial charge in [-0.2, -0.15) is 5.10 Å². The fourth-order valence-electron chi connectivity index (χ4n) is 5.37. The number of nitrogens with one attached hydrogen (secondary N) is 1. The molecular weight excluding hydrogens is 340 g/mol. The molecule has 2 saturated heterocycles. The van der Waals surface area contributed by atoms with Crippen molar-refractivity contribution in [1.29, 1.82) is 0 Å². The minimum Gasteiger partial charge on any atom is -0.339 e. The third-order valence-corrected chi connectivity index (χ3v) is 6.87. The summed E-state index contributed by atoms with van der Waals surface area (Å²) in [6, 6.07) is 0.429. The van der Waals surface area contributed by atoms with E-state index in [0.717, 1.165) is 57.2 Å². The van der Waals surface area contributed by atoms with Gasteiger partial charge in [-0.1, -0.05) is 32.6 Å². The van der Waals surface area contributed by atoms with E-state index in [-0.39, 0.29) is 11.3 Å². The Labute approximate surface area is 161 Å². The van der Waals surface area contributed by atoms with Crippen molar-refractivity contribution in [3.05, 3.63) is 17.5 Å². The van der Waals surface area contributed by atoms with Crippen molar-refractivity contribution >= 4 is 11.8 Å². The molecule has 0 aromatic carbocycles. The lowest BCUT2D eigenvalue weighted by molar-refractivity contribution is -0.149. The first kappa shape index (κ1) is 18.5. The first-order chi connectivity index (χ1) is 13.1. The maximum absolute atomic E-state index is 13.4. The van der Waals surface area contributed by atoms with Crippen molar-refractivity contribution in [2.45, 2.75) is 77.2 Å². The number of carbonyl (C=O) groups excluding carboxylic acids is 2. The van der Waals surface area contributed by atoms with Crippen LogP contribution in [0.1, 0.15) is 80.8 Å². The van der Waals surface area contributed by atoms with Crippen LogP contribution in [0.4, 0.5) is 0 Å². The van der Waals surface area contributed by atoms with E-state index < -0.39 is 0 Å². The third kappa shape index (κ3) is 3.39. The van der Waals surface area contributed by atoms with Gasteiger partial charge in [0.2, 0.25) is 5.91 Å². The van der Waals surface area contributed by atoms with Crippen LogP contribution in [0.3, 0.4) is 0 Å². The molecule has 6 nitrogen and oxygen atoms in total. The summed E-state index contributed by atoms with van der Waals surface area (Å²) in [5, 5.41) is 7.05. The van der Waals surface area contributed by atoms with Gasteiger partial charge in [-0.05, 0) is 38.5 Å². The lowest BCUT2D eigenvalue weighted by Crippen LogP contribution is -2.54. The van der Waals surface area contributed by atoms with Crippen LogP contribution in [0.2, 0.25) is 0 Å². The second kappa shape index (κ2) is 7.64. The first-order valence-corrected chi connectivity index (χ1v) is 10.8. The number of likely N-dealkylation sites (tertiary alicyclic amines) is 2. The summed E-state index contributed by atoms with van der Waals surface area (Å²) >= 11 is 0. The maximum Gasteiger partial charge on any atom is 0.257 e. The highest BCUT2D eigenvalue weighted by molar-refractivity contribution is 5.96. The second-order valence-corrected chi connectivity index (χ2v) is 8.66. The number of amides is 2. The molecule has 1 spiro atoms. The summed E-state index contributed by atoms with van der Waals surface area (Å²) in [5.74, 6) is 0.351. The van der Waals surface area contributed by atoms with E-state index in [1.54, 1.807) is 6.20 Å². The zero-order chi connectivity index (χ0) is 18.9. The molecule has 1 atom stereocenters. The second-order valence-electron chi connectivity index (χ2n) is 8.66. The number of rotatable bonds is 4. The average molecular weight is 373 g/mol. The molecule has 0 bridgehead atoms. The number of hydrogen-bond donors (Lipinski definition) is 1. The summed E-state index contributed by atoms with van der Waals surface area (Å²) in [5.41, 5.74) is 1.25. The highest BCUT2D eigenvalue weighted by Crippen LogP contribution is 2.42. The Kier molecular flexibility index (Phi) is 5.24. The van der Waals surface area contributed by atoms with E-state index in [4.69, 9.17) is 0 Å². The highest BCUT2D eigenvalue weighted by atomic mass is 16.2. The largest absolute Gasteiger partial charge is 0.339 e. The molecule has 3 fully saturated rings. The molecule has 1 aromatic rings. The molecule has 0 radical (unpaired) electrons. The first-order valence-electron chi connectivity index (χ1n) is 10.8. The van der Waals surface area contributed by atoms with Gasteiger partial charge in [0, 0.05) is 31.4 Å². The molecule has 27 heavy (non-hydrogen) atoms. The smallest absolute Gasteiger partial charge is 0.257 e. The van der Waals surface area contributed by atoms with Gasteiger partial charge in [-0.3, -0.25) is 14.7 Å².